The third kappa shape index (κ3) is 7.99. The second kappa shape index (κ2) is 14.0. The number of thioether (sulfide) groups is 1. The van der Waals surface area contributed by atoms with Crippen molar-refractivity contribution in [2.24, 2.45) is 0 Å². The summed E-state index contributed by atoms with van der Waals surface area (Å²) in [5.41, 5.74) is 3.57. The number of methoxy groups -OCH3 is 2. The highest BCUT2D eigenvalue weighted by Gasteiger charge is 2.32. The second-order valence-electron chi connectivity index (χ2n) is 9.24. The third-order valence-electron chi connectivity index (χ3n) is 6.21. The zero-order valence-corrected chi connectivity index (χ0v) is 24.8. The number of anilines is 1. The van der Waals surface area contributed by atoms with E-state index in [0.29, 0.717) is 32.9 Å². The zero-order valence-electron chi connectivity index (χ0n) is 23.3. The smallest absolute Gasteiger partial charge is 0.251 e. The van der Waals surface area contributed by atoms with Gasteiger partial charge in [0.25, 0.3) is 5.91 Å². The Bertz CT molecular complexity index is 1480. The van der Waals surface area contributed by atoms with Crippen molar-refractivity contribution in [3.05, 3.63) is 106 Å². The Balaban J connectivity index is 1.71. The number of aromatic nitrogens is 2. The van der Waals surface area contributed by atoms with Crippen molar-refractivity contribution in [3.8, 4) is 11.5 Å². The van der Waals surface area contributed by atoms with Gasteiger partial charge in [-0.1, -0.05) is 65.8 Å². The first-order chi connectivity index (χ1) is 19.8. The Morgan fingerprint density at radius 1 is 0.927 bits per heavy atom. The molecule has 1 unspecified atom stereocenters. The largest absolute Gasteiger partial charge is 0.497 e. The number of hydrogen-bond acceptors (Lipinski definition) is 7. The van der Waals surface area contributed by atoms with E-state index in [1.54, 1.807) is 54.5 Å². The summed E-state index contributed by atoms with van der Waals surface area (Å²) < 4.78 is 10.8. The van der Waals surface area contributed by atoms with Gasteiger partial charge >= 0.3 is 0 Å². The first kappa shape index (κ1) is 29.9. The summed E-state index contributed by atoms with van der Waals surface area (Å²) in [6, 6.07) is 22.5. The first-order valence-electron chi connectivity index (χ1n) is 12.8. The number of aryl methyl sites for hydroxylation is 2. The topological polar surface area (TPSA) is 93.7 Å². The maximum atomic E-state index is 14.1. The fourth-order valence-electron chi connectivity index (χ4n) is 4.29. The molecule has 2 amide bonds. The Morgan fingerprint density at radius 3 is 2.24 bits per heavy atom. The lowest BCUT2D eigenvalue weighted by molar-refractivity contribution is -0.137. The third-order valence-corrected chi connectivity index (χ3v) is 7.30. The van der Waals surface area contributed by atoms with Gasteiger partial charge in [-0.25, -0.2) is 9.97 Å². The van der Waals surface area contributed by atoms with E-state index >= 15 is 0 Å². The molecule has 1 N–H and O–H groups in total. The molecule has 0 saturated heterocycles. The molecule has 0 saturated carbocycles. The molecule has 212 valence electrons. The summed E-state index contributed by atoms with van der Waals surface area (Å²) >= 11 is 7.42. The molecular weight excluding hydrogens is 560 g/mol. The number of halogens is 1. The molecule has 0 bridgehead atoms. The molecule has 8 nitrogen and oxygen atoms in total. The van der Waals surface area contributed by atoms with Crippen LogP contribution in [-0.2, 0) is 16.1 Å². The van der Waals surface area contributed by atoms with Crippen LogP contribution in [0.25, 0.3) is 0 Å². The molecule has 10 heteroatoms. The fourth-order valence-corrected chi connectivity index (χ4v) is 5.25. The zero-order chi connectivity index (χ0) is 29.4. The van der Waals surface area contributed by atoms with Gasteiger partial charge in [-0.05, 0) is 55.3 Å². The van der Waals surface area contributed by atoms with Gasteiger partial charge in [0.2, 0.25) is 5.91 Å². The summed E-state index contributed by atoms with van der Waals surface area (Å²) in [6.07, 6.45) is 0. The van der Waals surface area contributed by atoms with Crippen LogP contribution in [0, 0.1) is 13.8 Å². The lowest BCUT2D eigenvalue weighted by atomic mass is 10.0. The van der Waals surface area contributed by atoms with Crippen molar-refractivity contribution < 1.29 is 19.1 Å². The summed E-state index contributed by atoms with van der Waals surface area (Å²) in [7, 11) is 3.07. The molecule has 0 aliphatic heterocycles. The molecule has 1 atom stereocenters. The molecule has 1 aromatic heterocycles. The Morgan fingerprint density at radius 2 is 1.61 bits per heavy atom. The van der Waals surface area contributed by atoms with Crippen LogP contribution in [0.3, 0.4) is 0 Å². The number of amides is 2. The van der Waals surface area contributed by atoms with Crippen molar-refractivity contribution in [1.82, 2.24) is 14.9 Å². The van der Waals surface area contributed by atoms with E-state index in [9.17, 15) is 9.59 Å². The number of nitrogens with one attached hydrogen (secondary N) is 1. The average Bonchev–Trinajstić information content (AvgIpc) is 2.96. The van der Waals surface area contributed by atoms with Crippen LogP contribution in [0.5, 0.6) is 11.5 Å². The van der Waals surface area contributed by atoms with Crippen molar-refractivity contribution in [2.45, 2.75) is 31.6 Å². The van der Waals surface area contributed by atoms with Gasteiger partial charge < -0.3 is 19.7 Å². The Labute approximate surface area is 249 Å². The number of benzene rings is 3. The number of nitrogens with zero attached hydrogens (tertiary/aromatic N) is 3. The molecule has 0 fully saturated rings. The lowest BCUT2D eigenvalue weighted by Gasteiger charge is -2.32. The number of carbonyl (C=O) groups is 2. The average molecular weight is 591 g/mol. The normalized spacial score (nSPS) is 11.4. The number of hydrogen-bond donors (Lipinski definition) is 1. The summed E-state index contributed by atoms with van der Waals surface area (Å²) in [6.45, 7) is 3.97. The van der Waals surface area contributed by atoms with Crippen LogP contribution in [0.1, 0.15) is 28.6 Å². The van der Waals surface area contributed by atoms with Gasteiger partial charge in [0.05, 0.1) is 25.7 Å². The quantitative estimate of drug-likeness (QED) is 0.163. The number of ether oxygens (including phenoxy) is 2. The van der Waals surface area contributed by atoms with Crippen LogP contribution in [0.4, 0.5) is 5.69 Å². The first-order valence-corrected chi connectivity index (χ1v) is 14.2. The van der Waals surface area contributed by atoms with E-state index in [0.717, 1.165) is 17.0 Å². The van der Waals surface area contributed by atoms with E-state index in [-0.39, 0.29) is 18.2 Å². The maximum absolute atomic E-state index is 14.1. The second-order valence-corrected chi connectivity index (χ2v) is 10.6. The highest BCUT2D eigenvalue weighted by molar-refractivity contribution is 7.99. The van der Waals surface area contributed by atoms with Crippen molar-refractivity contribution in [3.63, 3.8) is 0 Å². The van der Waals surface area contributed by atoms with Crippen molar-refractivity contribution in [1.29, 1.82) is 0 Å². The number of carbonyl (C=O) groups excluding carboxylic acids is 2. The molecule has 1 heterocycles. The standard InChI is InChI=1S/C31H31ClN4O4S/c1-20-16-21(2)34-31(33-20)41-19-28(37)36(18-22-8-6-5-7-9-22)29(23-10-12-24(32)13-11-23)30(38)35-26-15-14-25(39-3)17-27(26)40-4/h5-17,29H,18-19H2,1-4H3,(H,35,38). The van der Waals surface area contributed by atoms with E-state index in [4.69, 9.17) is 21.1 Å². The van der Waals surface area contributed by atoms with Crippen LogP contribution in [0.15, 0.2) is 84.0 Å². The van der Waals surface area contributed by atoms with Gasteiger partial charge in [0, 0.05) is 29.0 Å². The molecule has 0 spiro atoms. The molecule has 4 rings (SSSR count). The highest BCUT2D eigenvalue weighted by Crippen LogP contribution is 2.32. The maximum Gasteiger partial charge on any atom is 0.251 e. The monoisotopic (exact) mass is 590 g/mol. The van der Waals surface area contributed by atoms with E-state index in [2.05, 4.69) is 15.3 Å². The Hall–Kier alpha value is -4.08. The van der Waals surface area contributed by atoms with E-state index in [1.807, 2.05) is 50.2 Å². The van der Waals surface area contributed by atoms with Crippen molar-refractivity contribution in [2.75, 3.05) is 25.3 Å². The fraction of sp³-hybridized carbons (Fsp3) is 0.226. The van der Waals surface area contributed by atoms with E-state index < -0.39 is 11.9 Å². The highest BCUT2D eigenvalue weighted by atomic mass is 35.5. The minimum atomic E-state index is -0.979. The number of rotatable bonds is 11. The molecule has 0 aliphatic rings. The predicted octanol–water partition coefficient (Wildman–Crippen LogP) is 6.26. The van der Waals surface area contributed by atoms with Gasteiger partial charge in [0.15, 0.2) is 5.16 Å². The van der Waals surface area contributed by atoms with Crippen molar-refractivity contribution >= 4 is 40.9 Å². The van der Waals surface area contributed by atoms with E-state index in [1.165, 1.54) is 18.9 Å². The lowest BCUT2D eigenvalue weighted by Crippen LogP contribution is -2.41. The van der Waals surface area contributed by atoms with Crippen LogP contribution in [-0.4, -0.2) is 46.7 Å². The summed E-state index contributed by atoms with van der Waals surface area (Å²) in [5.74, 6) is 0.390. The minimum absolute atomic E-state index is 0.0406. The molecular formula is C31H31ClN4O4S. The van der Waals surface area contributed by atoms with Gasteiger partial charge in [-0.2, -0.15) is 0 Å². The minimum Gasteiger partial charge on any atom is -0.497 e. The van der Waals surface area contributed by atoms with Gasteiger partial charge in [-0.15, -0.1) is 0 Å². The SMILES string of the molecule is COc1ccc(NC(=O)C(c2ccc(Cl)cc2)N(Cc2ccccc2)C(=O)CSc2nc(C)cc(C)n2)c(OC)c1. The predicted molar refractivity (Wildman–Crippen MR) is 162 cm³/mol. The molecule has 0 radical (unpaired) electrons. The summed E-state index contributed by atoms with van der Waals surface area (Å²) in [5, 5.41) is 3.98. The molecule has 0 aliphatic carbocycles. The molecule has 4 aromatic rings. The molecule has 3 aromatic carbocycles. The molecule has 41 heavy (non-hydrogen) atoms. The van der Waals surface area contributed by atoms with Crippen LogP contribution in [0.2, 0.25) is 5.02 Å². The van der Waals surface area contributed by atoms with Crippen LogP contribution < -0.4 is 14.8 Å². The Kier molecular flexibility index (Phi) is 10.2. The van der Waals surface area contributed by atoms with Gasteiger partial charge in [-0.3, -0.25) is 9.59 Å². The van der Waals surface area contributed by atoms with Gasteiger partial charge in [0.1, 0.15) is 17.5 Å². The summed E-state index contributed by atoms with van der Waals surface area (Å²) in [4.78, 5) is 38.5. The van der Waals surface area contributed by atoms with Crippen LogP contribution >= 0.6 is 23.4 Å².